The van der Waals surface area contributed by atoms with E-state index in [1.807, 2.05) is 0 Å². The van der Waals surface area contributed by atoms with Gasteiger partial charge >= 0.3 is 5.97 Å². The van der Waals surface area contributed by atoms with E-state index in [4.69, 9.17) is 24.7 Å². The lowest BCUT2D eigenvalue weighted by atomic mass is 10.1. The summed E-state index contributed by atoms with van der Waals surface area (Å²) in [6.45, 7) is 5.65. The van der Waals surface area contributed by atoms with Gasteiger partial charge in [0.2, 0.25) is 0 Å². The molecule has 0 saturated heterocycles. The van der Waals surface area contributed by atoms with Crippen molar-refractivity contribution < 1.29 is 23.7 Å². The monoisotopic (exact) mass is 249 g/mol. The van der Waals surface area contributed by atoms with Crippen LogP contribution in [0.25, 0.3) is 0 Å². The summed E-state index contributed by atoms with van der Waals surface area (Å²) in [5, 5.41) is 0. The Balaban J connectivity index is 3.55. The SMILES string of the molecule is CCOC(=O)C(C)(N)COCCOCCOC. The van der Waals surface area contributed by atoms with Crippen LogP contribution in [0.1, 0.15) is 13.8 Å². The number of hydrogen-bond donors (Lipinski definition) is 1. The standard InChI is InChI=1S/C11H23NO5/c1-4-17-10(13)11(2,12)9-16-8-7-15-6-5-14-3/h4-9,12H2,1-3H3. The zero-order chi connectivity index (χ0) is 13.1. The van der Waals surface area contributed by atoms with E-state index >= 15 is 0 Å². The van der Waals surface area contributed by atoms with Crippen LogP contribution in [0.5, 0.6) is 0 Å². The summed E-state index contributed by atoms with van der Waals surface area (Å²) in [5.74, 6) is -0.458. The first kappa shape index (κ1) is 16.3. The highest BCUT2D eigenvalue weighted by Gasteiger charge is 2.30. The van der Waals surface area contributed by atoms with Gasteiger partial charge in [0.15, 0.2) is 0 Å². The van der Waals surface area contributed by atoms with Gasteiger partial charge < -0.3 is 24.7 Å². The van der Waals surface area contributed by atoms with E-state index in [0.717, 1.165) is 0 Å². The molecular weight excluding hydrogens is 226 g/mol. The molecule has 2 N–H and O–H groups in total. The Morgan fingerprint density at radius 1 is 1.18 bits per heavy atom. The van der Waals surface area contributed by atoms with Crippen molar-refractivity contribution in [3.8, 4) is 0 Å². The van der Waals surface area contributed by atoms with Crippen LogP contribution in [0, 0.1) is 0 Å². The molecule has 6 nitrogen and oxygen atoms in total. The molecule has 0 bridgehead atoms. The molecule has 0 saturated carbocycles. The van der Waals surface area contributed by atoms with Gasteiger partial charge in [0.05, 0.1) is 39.6 Å². The Morgan fingerprint density at radius 2 is 1.76 bits per heavy atom. The Morgan fingerprint density at radius 3 is 2.35 bits per heavy atom. The van der Waals surface area contributed by atoms with E-state index in [9.17, 15) is 4.79 Å². The summed E-state index contributed by atoms with van der Waals surface area (Å²) in [4.78, 5) is 11.4. The summed E-state index contributed by atoms with van der Waals surface area (Å²) in [7, 11) is 1.61. The van der Waals surface area contributed by atoms with E-state index in [1.54, 1.807) is 21.0 Å². The van der Waals surface area contributed by atoms with Crippen LogP contribution >= 0.6 is 0 Å². The van der Waals surface area contributed by atoms with Gasteiger partial charge in [-0.2, -0.15) is 0 Å². The minimum Gasteiger partial charge on any atom is -0.465 e. The van der Waals surface area contributed by atoms with Gasteiger partial charge in [-0.15, -0.1) is 0 Å². The molecule has 0 aromatic heterocycles. The maximum absolute atomic E-state index is 11.4. The van der Waals surface area contributed by atoms with E-state index < -0.39 is 11.5 Å². The minimum atomic E-state index is -1.11. The lowest BCUT2D eigenvalue weighted by Gasteiger charge is -2.21. The number of hydrogen-bond acceptors (Lipinski definition) is 6. The van der Waals surface area contributed by atoms with Crippen LogP contribution in [-0.2, 0) is 23.7 Å². The molecule has 6 heteroatoms. The number of ether oxygens (including phenoxy) is 4. The van der Waals surface area contributed by atoms with Crippen LogP contribution in [0.2, 0.25) is 0 Å². The fourth-order valence-corrected chi connectivity index (χ4v) is 1.00. The molecule has 1 atom stereocenters. The molecule has 0 rings (SSSR count). The normalized spacial score (nSPS) is 14.4. The second-order valence-corrected chi connectivity index (χ2v) is 3.80. The molecule has 0 aliphatic carbocycles. The second-order valence-electron chi connectivity index (χ2n) is 3.80. The van der Waals surface area contributed by atoms with Crippen molar-refractivity contribution in [2.75, 3.05) is 46.8 Å². The van der Waals surface area contributed by atoms with Gasteiger partial charge in [-0.3, -0.25) is 0 Å². The largest absolute Gasteiger partial charge is 0.465 e. The van der Waals surface area contributed by atoms with Gasteiger partial charge in [0.1, 0.15) is 5.54 Å². The Bertz CT molecular complexity index is 208. The highest BCUT2D eigenvalue weighted by molar-refractivity contribution is 5.80. The Kier molecular flexibility index (Phi) is 8.97. The molecule has 0 amide bonds. The molecule has 0 aliphatic rings. The third-order valence-corrected chi connectivity index (χ3v) is 1.95. The van der Waals surface area contributed by atoms with E-state index in [-0.39, 0.29) is 6.61 Å². The summed E-state index contributed by atoms with van der Waals surface area (Å²) >= 11 is 0. The van der Waals surface area contributed by atoms with Crippen molar-refractivity contribution in [3.05, 3.63) is 0 Å². The highest BCUT2D eigenvalue weighted by atomic mass is 16.6. The average molecular weight is 249 g/mol. The average Bonchev–Trinajstić information content (AvgIpc) is 2.28. The van der Waals surface area contributed by atoms with E-state index in [1.165, 1.54) is 0 Å². The van der Waals surface area contributed by atoms with Crippen molar-refractivity contribution in [2.45, 2.75) is 19.4 Å². The number of carbonyl (C=O) groups is 1. The summed E-state index contributed by atoms with van der Waals surface area (Å²) in [6, 6.07) is 0. The quantitative estimate of drug-likeness (QED) is 0.432. The first-order valence-corrected chi connectivity index (χ1v) is 5.65. The first-order valence-electron chi connectivity index (χ1n) is 5.65. The summed E-state index contributed by atoms with van der Waals surface area (Å²) in [5.41, 5.74) is 4.64. The zero-order valence-electron chi connectivity index (χ0n) is 10.9. The van der Waals surface area contributed by atoms with Gasteiger partial charge in [-0.05, 0) is 13.8 Å². The van der Waals surface area contributed by atoms with Crippen molar-refractivity contribution >= 4 is 5.97 Å². The van der Waals surface area contributed by atoms with E-state index in [0.29, 0.717) is 33.0 Å². The topological polar surface area (TPSA) is 80.0 Å². The maximum atomic E-state index is 11.4. The van der Waals surface area contributed by atoms with Crippen molar-refractivity contribution in [2.24, 2.45) is 5.73 Å². The predicted molar refractivity (Wildman–Crippen MR) is 62.7 cm³/mol. The highest BCUT2D eigenvalue weighted by Crippen LogP contribution is 2.03. The molecule has 0 radical (unpaired) electrons. The van der Waals surface area contributed by atoms with Gasteiger partial charge in [0.25, 0.3) is 0 Å². The molecular formula is C11H23NO5. The minimum absolute atomic E-state index is 0.111. The molecule has 0 aromatic carbocycles. The molecule has 0 fully saturated rings. The van der Waals surface area contributed by atoms with Crippen LogP contribution in [0.3, 0.4) is 0 Å². The van der Waals surface area contributed by atoms with Crippen LogP contribution in [0.4, 0.5) is 0 Å². The van der Waals surface area contributed by atoms with Crippen molar-refractivity contribution in [1.82, 2.24) is 0 Å². The third kappa shape index (κ3) is 8.09. The molecule has 0 spiro atoms. The zero-order valence-corrected chi connectivity index (χ0v) is 10.9. The first-order chi connectivity index (χ1) is 8.04. The Hall–Kier alpha value is -0.690. The van der Waals surface area contributed by atoms with Gasteiger partial charge in [-0.25, -0.2) is 4.79 Å². The smallest absolute Gasteiger partial charge is 0.328 e. The molecule has 102 valence electrons. The van der Waals surface area contributed by atoms with Crippen LogP contribution in [0.15, 0.2) is 0 Å². The summed E-state index contributed by atoms with van der Waals surface area (Å²) < 4.78 is 20.1. The van der Waals surface area contributed by atoms with Gasteiger partial charge in [0, 0.05) is 7.11 Å². The number of methoxy groups -OCH3 is 1. The molecule has 0 heterocycles. The number of nitrogens with two attached hydrogens (primary N) is 1. The number of carbonyl (C=O) groups excluding carboxylic acids is 1. The lowest BCUT2D eigenvalue weighted by molar-refractivity contribution is -0.151. The van der Waals surface area contributed by atoms with E-state index in [2.05, 4.69) is 0 Å². The van der Waals surface area contributed by atoms with Crippen LogP contribution in [-0.4, -0.2) is 58.3 Å². The van der Waals surface area contributed by atoms with Crippen molar-refractivity contribution in [1.29, 1.82) is 0 Å². The maximum Gasteiger partial charge on any atom is 0.328 e. The summed E-state index contributed by atoms with van der Waals surface area (Å²) in [6.07, 6.45) is 0. The molecule has 17 heavy (non-hydrogen) atoms. The second kappa shape index (κ2) is 9.35. The molecule has 0 aliphatic heterocycles. The van der Waals surface area contributed by atoms with Crippen LogP contribution < -0.4 is 5.73 Å². The lowest BCUT2D eigenvalue weighted by Crippen LogP contribution is -2.50. The number of esters is 1. The third-order valence-electron chi connectivity index (χ3n) is 1.95. The molecule has 0 aromatic rings. The Labute approximate surface area is 102 Å². The molecule has 1 unspecified atom stereocenters. The van der Waals surface area contributed by atoms with Crippen molar-refractivity contribution in [3.63, 3.8) is 0 Å². The predicted octanol–water partition coefficient (Wildman–Crippen LogP) is -0.0535. The fourth-order valence-electron chi connectivity index (χ4n) is 1.00. The fraction of sp³-hybridized carbons (Fsp3) is 0.909. The number of rotatable bonds is 10. The van der Waals surface area contributed by atoms with Gasteiger partial charge in [-0.1, -0.05) is 0 Å².